The Kier molecular flexibility index (Phi) is 6.95. The van der Waals surface area contributed by atoms with Crippen molar-refractivity contribution >= 4 is 34.3 Å². The Morgan fingerprint density at radius 3 is 2.66 bits per heavy atom. The van der Waals surface area contributed by atoms with Gasteiger partial charge in [0, 0.05) is 72.8 Å². The van der Waals surface area contributed by atoms with Gasteiger partial charge in [0.05, 0.1) is 31.1 Å². The average Bonchev–Trinajstić information content (AvgIpc) is 3.47. The molecule has 11 heteroatoms. The molecule has 1 saturated carbocycles. The molecule has 0 unspecified atom stereocenters. The molecular weight excluding hydrogens is 560 g/mol. The number of carbonyl (C=O) groups is 3. The van der Waals surface area contributed by atoms with Gasteiger partial charge in [-0.25, -0.2) is 4.98 Å². The molecule has 0 atom stereocenters. The number of benzene rings is 1. The maximum Gasteiger partial charge on any atom is 0.312 e. The number of aromatic nitrogens is 4. The molecule has 7 rings (SSSR count). The van der Waals surface area contributed by atoms with Gasteiger partial charge in [-0.1, -0.05) is 6.08 Å². The number of aryl methyl sites for hydroxylation is 1. The van der Waals surface area contributed by atoms with Gasteiger partial charge in [0.2, 0.25) is 11.8 Å². The van der Waals surface area contributed by atoms with Crippen LogP contribution in [0.2, 0.25) is 0 Å². The summed E-state index contributed by atoms with van der Waals surface area (Å²) in [6.07, 6.45) is 8.07. The highest BCUT2D eigenvalue weighted by atomic mass is 16.5. The van der Waals surface area contributed by atoms with E-state index in [0.29, 0.717) is 50.0 Å². The predicted octanol–water partition coefficient (Wildman–Crippen LogP) is 4.10. The first-order valence-electron chi connectivity index (χ1n) is 15.0. The van der Waals surface area contributed by atoms with E-state index in [1.807, 2.05) is 47.1 Å². The fourth-order valence-corrected chi connectivity index (χ4v) is 6.51. The van der Waals surface area contributed by atoms with Crippen LogP contribution in [0.5, 0.6) is 5.88 Å². The third-order valence-electron chi connectivity index (χ3n) is 8.90. The van der Waals surface area contributed by atoms with Crippen molar-refractivity contribution in [2.24, 2.45) is 13.0 Å². The van der Waals surface area contributed by atoms with Crippen LogP contribution >= 0.6 is 0 Å². The molecule has 3 aliphatic rings. The molecule has 0 bridgehead atoms. The summed E-state index contributed by atoms with van der Waals surface area (Å²) < 4.78 is 9.83. The highest BCUT2D eigenvalue weighted by Crippen LogP contribution is 2.41. The van der Waals surface area contributed by atoms with Crippen molar-refractivity contribution in [3.05, 3.63) is 71.3 Å². The number of methoxy groups -OCH3 is 1. The monoisotopic (exact) mass is 594 g/mol. The molecule has 1 aromatic carbocycles. The van der Waals surface area contributed by atoms with Crippen molar-refractivity contribution in [3.8, 4) is 17.0 Å². The molecular formula is C33H34N6O5. The van der Waals surface area contributed by atoms with Gasteiger partial charge in [-0.05, 0) is 61.1 Å². The van der Waals surface area contributed by atoms with Crippen LogP contribution < -0.4 is 4.74 Å². The molecule has 1 fully saturated rings. The second kappa shape index (κ2) is 11.0. The summed E-state index contributed by atoms with van der Waals surface area (Å²) >= 11 is 0. The van der Waals surface area contributed by atoms with Crippen LogP contribution in [0.1, 0.15) is 53.0 Å². The first-order chi connectivity index (χ1) is 21.3. The van der Waals surface area contributed by atoms with Crippen LogP contribution in [0.4, 0.5) is 0 Å². The molecule has 226 valence electrons. The lowest BCUT2D eigenvalue weighted by Gasteiger charge is -2.28. The van der Waals surface area contributed by atoms with Gasteiger partial charge >= 0.3 is 5.97 Å². The summed E-state index contributed by atoms with van der Waals surface area (Å²) in [5.41, 5.74) is 7.26. The molecule has 2 aliphatic heterocycles. The number of rotatable bonds is 8. The summed E-state index contributed by atoms with van der Waals surface area (Å²) in [6.45, 7) is 2.63. The minimum absolute atomic E-state index is 0.0639. The van der Waals surface area contributed by atoms with Crippen molar-refractivity contribution in [3.63, 3.8) is 0 Å². The van der Waals surface area contributed by atoms with Gasteiger partial charge in [-0.3, -0.25) is 19.1 Å². The summed E-state index contributed by atoms with van der Waals surface area (Å²) in [4.78, 5) is 45.9. The van der Waals surface area contributed by atoms with E-state index in [9.17, 15) is 19.5 Å². The van der Waals surface area contributed by atoms with Gasteiger partial charge in [0.15, 0.2) is 0 Å². The third kappa shape index (κ3) is 5.01. The first-order valence-corrected chi connectivity index (χ1v) is 15.0. The van der Waals surface area contributed by atoms with Crippen LogP contribution in [0.15, 0.2) is 48.8 Å². The number of hydrogen-bond donors (Lipinski definition) is 1. The number of nitrogens with zero attached hydrogens (tertiary/aromatic N) is 6. The topological polar surface area (TPSA) is 123 Å². The quantitative estimate of drug-likeness (QED) is 0.305. The molecule has 0 spiro atoms. The first kappa shape index (κ1) is 27.9. The second-order valence-corrected chi connectivity index (χ2v) is 11.9. The standard InChI is InChI=1S/C33H34N6O5/c1-36-28-19-38(18-24(28)15-35-36)33(43)23-11-22-13-27(21-5-4-10-37(17-21)29(40)14-30(41)42)39(16-20-7-8-20)31(22)26(12-23)25-6-3-9-34-32(25)44-2/h3,5-6,9,11-13,15,20H,4,7-8,10,14,16-19H2,1-2H3,(H,41,42). The molecule has 11 nitrogen and oxygen atoms in total. The maximum absolute atomic E-state index is 14.0. The van der Waals surface area contributed by atoms with Gasteiger partial charge in [0.25, 0.3) is 5.91 Å². The summed E-state index contributed by atoms with van der Waals surface area (Å²) in [5, 5.41) is 14.5. The number of carbonyl (C=O) groups excluding carboxylic acids is 2. The molecule has 0 saturated heterocycles. The van der Waals surface area contributed by atoms with Crippen molar-refractivity contribution in [1.29, 1.82) is 0 Å². The predicted molar refractivity (Wildman–Crippen MR) is 163 cm³/mol. The van der Waals surface area contributed by atoms with Crippen LogP contribution in [0, 0.1) is 5.92 Å². The van der Waals surface area contributed by atoms with E-state index < -0.39 is 12.4 Å². The normalized spacial score (nSPS) is 16.3. The Morgan fingerprint density at radius 2 is 1.91 bits per heavy atom. The number of aliphatic carboxylic acids is 1. The third-order valence-corrected chi connectivity index (χ3v) is 8.90. The summed E-state index contributed by atoms with van der Waals surface area (Å²) in [6, 6.07) is 9.87. The molecule has 5 heterocycles. The summed E-state index contributed by atoms with van der Waals surface area (Å²) in [7, 11) is 3.49. The second-order valence-electron chi connectivity index (χ2n) is 11.9. The minimum Gasteiger partial charge on any atom is -0.481 e. The van der Waals surface area contributed by atoms with E-state index in [0.717, 1.165) is 63.9 Å². The summed E-state index contributed by atoms with van der Waals surface area (Å²) in [5.74, 6) is -0.561. The van der Waals surface area contributed by atoms with Gasteiger partial charge in [0.1, 0.15) is 6.42 Å². The SMILES string of the molecule is COc1ncccc1-c1cc(C(=O)N2Cc3cnn(C)c3C2)cc2cc(C3=CCCN(C(=O)CC(=O)O)C3)n(CC3CC3)c12. The van der Waals surface area contributed by atoms with E-state index >= 15 is 0 Å². The van der Waals surface area contributed by atoms with E-state index in [1.54, 1.807) is 18.2 Å². The molecule has 1 N–H and O–H groups in total. The van der Waals surface area contributed by atoms with E-state index in [2.05, 4.69) is 26.8 Å². The van der Waals surface area contributed by atoms with E-state index in [-0.39, 0.29) is 11.8 Å². The average molecular weight is 595 g/mol. The Bertz CT molecular complexity index is 1850. The van der Waals surface area contributed by atoms with Gasteiger partial charge in [-0.15, -0.1) is 0 Å². The number of pyridine rings is 1. The fourth-order valence-electron chi connectivity index (χ4n) is 6.51. The number of ether oxygens (including phenoxy) is 1. The molecule has 44 heavy (non-hydrogen) atoms. The highest BCUT2D eigenvalue weighted by molar-refractivity contribution is 6.05. The zero-order valence-electron chi connectivity index (χ0n) is 24.8. The van der Waals surface area contributed by atoms with Gasteiger partial charge < -0.3 is 24.2 Å². The number of fused-ring (bicyclic) bond motifs is 2. The number of carboxylic acids is 1. The Morgan fingerprint density at radius 1 is 1.07 bits per heavy atom. The maximum atomic E-state index is 14.0. The Balaban J connectivity index is 1.36. The van der Waals surface area contributed by atoms with Crippen molar-refractivity contribution in [2.45, 2.75) is 45.3 Å². The van der Waals surface area contributed by atoms with E-state index in [4.69, 9.17) is 4.74 Å². The van der Waals surface area contributed by atoms with Crippen molar-refractivity contribution < 1.29 is 24.2 Å². The zero-order chi connectivity index (χ0) is 30.5. The molecule has 4 aromatic rings. The Labute approximate surface area is 254 Å². The lowest BCUT2D eigenvalue weighted by molar-refractivity contribution is -0.144. The molecule has 3 aromatic heterocycles. The minimum atomic E-state index is -1.13. The number of amides is 2. The number of carboxylic acid groups (broad SMARTS) is 1. The molecule has 0 radical (unpaired) electrons. The molecule has 2 amide bonds. The Hall–Kier alpha value is -4.93. The fraction of sp³-hybridized carbons (Fsp3) is 0.364. The zero-order valence-corrected chi connectivity index (χ0v) is 24.8. The van der Waals surface area contributed by atoms with Crippen molar-refractivity contribution in [1.82, 2.24) is 29.1 Å². The lowest BCUT2D eigenvalue weighted by atomic mass is 9.99. The lowest BCUT2D eigenvalue weighted by Crippen LogP contribution is -2.36. The van der Waals surface area contributed by atoms with Crippen LogP contribution in [-0.2, 0) is 36.3 Å². The van der Waals surface area contributed by atoms with E-state index in [1.165, 1.54) is 0 Å². The van der Waals surface area contributed by atoms with Crippen molar-refractivity contribution in [2.75, 3.05) is 20.2 Å². The number of hydrogen-bond acceptors (Lipinski definition) is 6. The highest BCUT2D eigenvalue weighted by Gasteiger charge is 2.31. The van der Waals surface area contributed by atoms with Crippen LogP contribution in [0.3, 0.4) is 0 Å². The van der Waals surface area contributed by atoms with Crippen LogP contribution in [0.25, 0.3) is 27.6 Å². The largest absolute Gasteiger partial charge is 0.481 e. The smallest absolute Gasteiger partial charge is 0.312 e. The van der Waals surface area contributed by atoms with Gasteiger partial charge in [-0.2, -0.15) is 5.10 Å². The molecule has 1 aliphatic carbocycles. The van der Waals surface area contributed by atoms with Crippen LogP contribution in [-0.4, -0.2) is 72.2 Å².